The molecule has 6 atom stereocenters. The largest absolute Gasteiger partial charge is 0.497 e. The third-order valence-electron chi connectivity index (χ3n) is 6.08. The van der Waals surface area contributed by atoms with Crippen LogP contribution in [0, 0.1) is 35.5 Å². The second-order valence-electron chi connectivity index (χ2n) is 7.16. The summed E-state index contributed by atoms with van der Waals surface area (Å²) >= 11 is 0. The highest BCUT2D eigenvalue weighted by molar-refractivity contribution is 6.06. The van der Waals surface area contributed by atoms with Gasteiger partial charge in [0.15, 0.2) is 0 Å². The van der Waals surface area contributed by atoms with Gasteiger partial charge >= 0.3 is 0 Å². The predicted octanol–water partition coefficient (Wildman–Crippen LogP) is 2.08. The van der Waals surface area contributed by atoms with Crippen molar-refractivity contribution in [2.24, 2.45) is 40.6 Å². The van der Waals surface area contributed by atoms with Crippen molar-refractivity contribution in [3.63, 3.8) is 0 Å². The Kier molecular flexibility index (Phi) is 2.78. The van der Waals surface area contributed by atoms with Crippen molar-refractivity contribution >= 4 is 18.0 Å². The van der Waals surface area contributed by atoms with Crippen molar-refractivity contribution in [1.29, 1.82) is 0 Å². The summed E-state index contributed by atoms with van der Waals surface area (Å²) in [6, 6.07) is 7.35. The van der Waals surface area contributed by atoms with Crippen LogP contribution in [0.4, 0.5) is 0 Å². The summed E-state index contributed by atoms with van der Waals surface area (Å²) in [5.74, 6) is 1.83. The molecule has 0 spiro atoms. The van der Waals surface area contributed by atoms with E-state index >= 15 is 0 Å². The maximum Gasteiger partial charge on any atom is 0.254 e. The van der Waals surface area contributed by atoms with Crippen LogP contribution in [0.2, 0.25) is 0 Å². The summed E-state index contributed by atoms with van der Waals surface area (Å²) in [7, 11) is 1.61. The Balaban J connectivity index is 1.41. The average molecular weight is 322 g/mol. The molecule has 0 aromatic heterocycles. The molecule has 2 amide bonds. The Hall–Kier alpha value is -2.43. The SMILES string of the molecule is COc1ccc(/C=N\N2C(=O)[C@H]3[C@@H]4C=C[C@H]([C@H]5C[C@H]45)[C@@H]3C2=O)cc1. The lowest BCUT2D eigenvalue weighted by atomic mass is 9.63. The van der Waals surface area contributed by atoms with Crippen molar-refractivity contribution < 1.29 is 14.3 Å². The molecule has 5 heteroatoms. The first-order valence-corrected chi connectivity index (χ1v) is 8.43. The van der Waals surface area contributed by atoms with Crippen LogP contribution in [-0.4, -0.2) is 30.1 Å². The Morgan fingerprint density at radius 1 is 1.04 bits per heavy atom. The van der Waals surface area contributed by atoms with E-state index in [0.29, 0.717) is 11.8 Å². The van der Waals surface area contributed by atoms with Crippen LogP contribution in [0.25, 0.3) is 0 Å². The van der Waals surface area contributed by atoms with Crippen molar-refractivity contribution in [1.82, 2.24) is 5.01 Å². The quantitative estimate of drug-likeness (QED) is 0.486. The zero-order valence-electron chi connectivity index (χ0n) is 13.3. The van der Waals surface area contributed by atoms with Gasteiger partial charge in [0.1, 0.15) is 5.75 Å². The van der Waals surface area contributed by atoms with Crippen LogP contribution in [-0.2, 0) is 9.59 Å². The first kappa shape index (κ1) is 14.0. The fraction of sp³-hybridized carbons (Fsp3) is 0.421. The highest BCUT2D eigenvalue weighted by Gasteiger charge is 2.67. The fourth-order valence-electron chi connectivity index (χ4n) is 4.87. The van der Waals surface area contributed by atoms with Gasteiger partial charge in [0, 0.05) is 0 Å². The maximum atomic E-state index is 12.8. The molecule has 5 nitrogen and oxygen atoms in total. The molecule has 1 aromatic carbocycles. The summed E-state index contributed by atoms with van der Waals surface area (Å²) in [4.78, 5) is 25.5. The topological polar surface area (TPSA) is 59.0 Å². The molecule has 2 bridgehead atoms. The van der Waals surface area contributed by atoms with Gasteiger partial charge in [0.25, 0.3) is 11.8 Å². The van der Waals surface area contributed by atoms with Gasteiger partial charge in [-0.3, -0.25) is 9.59 Å². The second kappa shape index (κ2) is 4.79. The molecule has 0 radical (unpaired) electrons. The van der Waals surface area contributed by atoms with Gasteiger partial charge in [-0.25, -0.2) is 0 Å². The number of carbonyl (C=O) groups excluding carboxylic acids is 2. The number of allylic oxidation sites excluding steroid dienone is 2. The third-order valence-corrected chi connectivity index (χ3v) is 6.08. The van der Waals surface area contributed by atoms with Crippen molar-refractivity contribution in [3.8, 4) is 5.75 Å². The number of ether oxygens (including phenoxy) is 1. The molecule has 1 saturated heterocycles. The van der Waals surface area contributed by atoms with E-state index in [4.69, 9.17) is 4.74 Å². The standard InChI is InChI=1S/C19H18N2O3/c1-24-11-4-2-10(3-5-11)9-20-21-18(22)16-12-6-7-13(15-8-14(12)15)17(16)19(21)23/h2-7,9,12-17H,8H2,1H3/b20-9-/t12-,13-,14-,15-,16+,17+/m1/s1. The molecule has 5 aliphatic rings. The summed E-state index contributed by atoms with van der Waals surface area (Å²) in [5, 5.41) is 5.32. The van der Waals surface area contributed by atoms with Gasteiger partial charge in [-0.15, -0.1) is 0 Å². The summed E-state index contributed by atoms with van der Waals surface area (Å²) in [6.07, 6.45) is 7.08. The van der Waals surface area contributed by atoms with Gasteiger partial charge in [-0.2, -0.15) is 10.1 Å². The average Bonchev–Trinajstić information content (AvgIpc) is 3.39. The number of hydrogen-bond acceptors (Lipinski definition) is 4. The second-order valence-corrected chi connectivity index (χ2v) is 7.16. The van der Waals surface area contributed by atoms with Crippen molar-refractivity contribution in [2.75, 3.05) is 7.11 Å². The lowest BCUT2D eigenvalue weighted by molar-refractivity contribution is -0.140. The van der Waals surface area contributed by atoms with E-state index in [0.717, 1.165) is 16.3 Å². The zero-order valence-corrected chi connectivity index (χ0v) is 13.3. The van der Waals surface area contributed by atoms with E-state index in [2.05, 4.69) is 17.3 Å². The third kappa shape index (κ3) is 1.78. The number of nitrogens with zero attached hydrogens (tertiary/aromatic N) is 2. The van der Waals surface area contributed by atoms with Gasteiger partial charge in [0.05, 0.1) is 25.2 Å². The molecule has 3 fully saturated rings. The number of amides is 2. The Morgan fingerprint density at radius 3 is 2.17 bits per heavy atom. The Bertz CT molecular complexity index is 746. The van der Waals surface area contributed by atoms with Crippen molar-refractivity contribution in [2.45, 2.75) is 6.42 Å². The summed E-state index contributed by atoms with van der Waals surface area (Å²) in [5.41, 5.74) is 0.829. The summed E-state index contributed by atoms with van der Waals surface area (Å²) in [6.45, 7) is 0. The minimum absolute atomic E-state index is 0.125. The van der Waals surface area contributed by atoms with E-state index in [-0.39, 0.29) is 35.5 Å². The fourth-order valence-corrected chi connectivity index (χ4v) is 4.87. The van der Waals surface area contributed by atoms with Gasteiger partial charge < -0.3 is 4.74 Å². The van der Waals surface area contributed by atoms with Gasteiger partial charge in [0.2, 0.25) is 0 Å². The van der Waals surface area contributed by atoms with Crippen LogP contribution in [0.1, 0.15) is 12.0 Å². The first-order chi connectivity index (χ1) is 11.7. The monoisotopic (exact) mass is 322 g/mol. The molecular formula is C19H18N2O3. The molecule has 2 saturated carbocycles. The lowest BCUT2D eigenvalue weighted by Gasteiger charge is -2.37. The van der Waals surface area contributed by atoms with Crippen LogP contribution < -0.4 is 4.74 Å². The lowest BCUT2D eigenvalue weighted by Crippen LogP contribution is -2.40. The molecule has 0 N–H and O–H groups in total. The predicted molar refractivity (Wildman–Crippen MR) is 87.1 cm³/mol. The van der Waals surface area contributed by atoms with Gasteiger partial charge in [-0.1, -0.05) is 12.2 Å². The number of imide groups is 1. The van der Waals surface area contributed by atoms with Crippen LogP contribution in [0.3, 0.4) is 0 Å². The normalized spacial score (nSPS) is 38.6. The molecule has 1 aromatic rings. The zero-order chi connectivity index (χ0) is 16.4. The number of carbonyl (C=O) groups is 2. The van der Waals surface area contributed by atoms with E-state index in [1.165, 1.54) is 6.42 Å². The molecule has 1 aliphatic heterocycles. The smallest absolute Gasteiger partial charge is 0.254 e. The number of methoxy groups -OCH3 is 1. The molecule has 6 rings (SSSR count). The van der Waals surface area contributed by atoms with Crippen LogP contribution in [0.15, 0.2) is 41.5 Å². The van der Waals surface area contributed by atoms with Crippen LogP contribution in [0.5, 0.6) is 5.75 Å². The van der Waals surface area contributed by atoms with Crippen molar-refractivity contribution in [3.05, 3.63) is 42.0 Å². The highest BCUT2D eigenvalue weighted by Crippen LogP contribution is 2.65. The molecule has 0 unspecified atom stereocenters. The number of hydrogen-bond donors (Lipinski definition) is 0. The van der Waals surface area contributed by atoms with E-state index in [1.807, 2.05) is 24.3 Å². The number of hydrazone groups is 1. The minimum atomic E-state index is -0.190. The van der Waals surface area contributed by atoms with E-state index in [9.17, 15) is 9.59 Å². The molecule has 1 heterocycles. The van der Waals surface area contributed by atoms with E-state index < -0.39 is 0 Å². The van der Waals surface area contributed by atoms with E-state index in [1.54, 1.807) is 13.3 Å². The molecule has 4 aliphatic carbocycles. The molecule has 122 valence electrons. The maximum absolute atomic E-state index is 12.8. The highest BCUT2D eigenvalue weighted by atomic mass is 16.5. The summed E-state index contributed by atoms with van der Waals surface area (Å²) < 4.78 is 5.12. The number of rotatable bonds is 3. The van der Waals surface area contributed by atoms with Gasteiger partial charge in [-0.05, 0) is 59.9 Å². The molecule has 24 heavy (non-hydrogen) atoms. The molecular weight excluding hydrogens is 304 g/mol. The minimum Gasteiger partial charge on any atom is -0.497 e. The van der Waals surface area contributed by atoms with Crippen LogP contribution >= 0.6 is 0 Å². The Morgan fingerprint density at radius 2 is 1.62 bits per heavy atom. The Labute approximate surface area is 140 Å². The first-order valence-electron chi connectivity index (χ1n) is 8.43. The number of benzene rings is 1.